The Morgan fingerprint density at radius 1 is 0.949 bits per heavy atom. The van der Waals surface area contributed by atoms with E-state index in [-0.39, 0.29) is 29.5 Å². The molecule has 1 atom stereocenters. The van der Waals surface area contributed by atoms with Gasteiger partial charge in [0.05, 0.1) is 10.6 Å². The van der Waals surface area contributed by atoms with Crippen LogP contribution in [0, 0.1) is 5.82 Å². The van der Waals surface area contributed by atoms with Gasteiger partial charge in [-0.05, 0) is 81.3 Å². The van der Waals surface area contributed by atoms with E-state index in [4.69, 9.17) is 11.6 Å². The summed E-state index contributed by atoms with van der Waals surface area (Å²) in [6.07, 6.45) is 0.282. The van der Waals surface area contributed by atoms with Gasteiger partial charge in [-0.15, -0.1) is 0 Å². The van der Waals surface area contributed by atoms with Crippen molar-refractivity contribution in [2.24, 2.45) is 0 Å². The van der Waals surface area contributed by atoms with Crippen molar-refractivity contribution in [2.75, 3.05) is 10.8 Å². The van der Waals surface area contributed by atoms with Gasteiger partial charge >= 0.3 is 0 Å². The largest absolute Gasteiger partial charge is 0.350 e. The Labute approximate surface area is 234 Å². The molecule has 0 aliphatic rings. The van der Waals surface area contributed by atoms with Crippen molar-refractivity contribution in [2.45, 2.75) is 57.1 Å². The molecule has 0 unspecified atom stereocenters. The second-order valence-corrected chi connectivity index (χ2v) is 12.4. The Morgan fingerprint density at radius 2 is 1.54 bits per heavy atom. The van der Waals surface area contributed by atoms with Crippen LogP contribution in [-0.4, -0.2) is 43.3 Å². The van der Waals surface area contributed by atoms with Gasteiger partial charge in [0.15, 0.2) is 0 Å². The molecule has 0 aromatic heterocycles. The maximum atomic E-state index is 13.9. The fourth-order valence-corrected chi connectivity index (χ4v) is 5.56. The number of benzene rings is 3. The third kappa shape index (κ3) is 8.03. The summed E-state index contributed by atoms with van der Waals surface area (Å²) in [4.78, 5) is 28.5. The van der Waals surface area contributed by atoms with Crippen molar-refractivity contribution in [3.8, 4) is 0 Å². The van der Waals surface area contributed by atoms with Gasteiger partial charge in [0.2, 0.25) is 11.8 Å². The zero-order chi connectivity index (χ0) is 28.8. The normalized spacial score (nSPS) is 12.5. The molecule has 0 bridgehead atoms. The second-order valence-electron chi connectivity index (χ2n) is 10.1. The molecular weight excluding hydrogens is 541 g/mol. The van der Waals surface area contributed by atoms with Gasteiger partial charge in [0, 0.05) is 17.1 Å². The Balaban J connectivity index is 2.04. The highest BCUT2D eigenvalue weighted by Crippen LogP contribution is 2.25. The molecule has 0 fully saturated rings. The van der Waals surface area contributed by atoms with Crippen LogP contribution in [0.25, 0.3) is 0 Å². The number of nitrogens with zero attached hydrogens (tertiary/aromatic N) is 2. The highest BCUT2D eigenvalue weighted by molar-refractivity contribution is 7.92. The predicted octanol–water partition coefficient (Wildman–Crippen LogP) is 5.40. The van der Waals surface area contributed by atoms with E-state index in [1.165, 1.54) is 53.4 Å². The number of amides is 2. The van der Waals surface area contributed by atoms with Gasteiger partial charge < -0.3 is 10.2 Å². The number of rotatable bonds is 10. The zero-order valence-corrected chi connectivity index (χ0v) is 24.0. The first-order chi connectivity index (χ1) is 18.3. The lowest BCUT2D eigenvalue weighted by Crippen LogP contribution is -2.55. The van der Waals surface area contributed by atoms with Crippen molar-refractivity contribution in [1.29, 1.82) is 0 Å². The number of carbonyl (C=O) groups is 2. The van der Waals surface area contributed by atoms with Crippen molar-refractivity contribution in [1.82, 2.24) is 10.2 Å². The van der Waals surface area contributed by atoms with Gasteiger partial charge in [0.25, 0.3) is 10.0 Å². The van der Waals surface area contributed by atoms with E-state index in [1.54, 1.807) is 37.3 Å². The Hall–Kier alpha value is -3.43. The minimum absolute atomic E-state index is 0.0151. The number of sulfonamides is 1. The molecule has 3 rings (SSSR count). The topological polar surface area (TPSA) is 86.8 Å². The number of halogens is 2. The summed E-state index contributed by atoms with van der Waals surface area (Å²) in [5.41, 5.74) is 0.330. The van der Waals surface area contributed by atoms with E-state index in [9.17, 15) is 22.4 Å². The molecule has 0 heterocycles. The molecule has 1 N–H and O–H groups in total. The molecule has 0 radical (unpaired) electrons. The highest BCUT2D eigenvalue weighted by atomic mass is 35.5. The summed E-state index contributed by atoms with van der Waals surface area (Å²) < 4.78 is 42.1. The first-order valence-corrected chi connectivity index (χ1v) is 14.3. The number of para-hydroxylation sites is 1. The molecule has 0 aliphatic carbocycles. The molecule has 0 saturated heterocycles. The van der Waals surface area contributed by atoms with E-state index in [1.807, 2.05) is 20.8 Å². The van der Waals surface area contributed by atoms with Crippen molar-refractivity contribution >= 4 is 39.1 Å². The van der Waals surface area contributed by atoms with Gasteiger partial charge in [-0.2, -0.15) is 0 Å². The Kier molecular flexibility index (Phi) is 9.74. The molecule has 0 aliphatic heterocycles. The van der Waals surface area contributed by atoms with E-state index in [2.05, 4.69) is 5.32 Å². The molecule has 0 spiro atoms. The van der Waals surface area contributed by atoms with Crippen LogP contribution in [0.5, 0.6) is 0 Å². The van der Waals surface area contributed by atoms with E-state index < -0.39 is 39.9 Å². The third-order valence-electron chi connectivity index (χ3n) is 5.87. The van der Waals surface area contributed by atoms with Crippen LogP contribution in [0.4, 0.5) is 10.1 Å². The predicted molar refractivity (Wildman–Crippen MR) is 151 cm³/mol. The number of nitrogens with one attached hydrogen (secondary N) is 1. The summed E-state index contributed by atoms with van der Waals surface area (Å²) >= 11 is 5.97. The fraction of sp³-hybridized carbons (Fsp3) is 0.310. The van der Waals surface area contributed by atoms with E-state index >= 15 is 0 Å². The molecule has 208 valence electrons. The minimum Gasteiger partial charge on any atom is -0.350 e. The first kappa shape index (κ1) is 30.1. The van der Waals surface area contributed by atoms with Crippen molar-refractivity contribution in [3.05, 3.63) is 95.3 Å². The van der Waals surface area contributed by atoms with Crippen LogP contribution in [0.3, 0.4) is 0 Å². The van der Waals surface area contributed by atoms with Crippen LogP contribution < -0.4 is 9.62 Å². The summed E-state index contributed by atoms with van der Waals surface area (Å²) in [5.74, 6) is -1.39. The molecule has 0 saturated carbocycles. The average Bonchev–Trinajstić information content (AvgIpc) is 2.87. The van der Waals surface area contributed by atoms with Gasteiger partial charge in [0.1, 0.15) is 18.4 Å². The fourth-order valence-electron chi connectivity index (χ4n) is 4.02. The smallest absolute Gasteiger partial charge is 0.264 e. The molecule has 10 heteroatoms. The molecular formula is C29H33ClFN3O4S. The summed E-state index contributed by atoms with van der Waals surface area (Å²) in [6, 6.07) is 18.7. The van der Waals surface area contributed by atoms with E-state index in [0.717, 1.165) is 4.31 Å². The third-order valence-corrected chi connectivity index (χ3v) is 7.92. The summed E-state index contributed by atoms with van der Waals surface area (Å²) in [5, 5.41) is 3.28. The molecule has 3 aromatic carbocycles. The first-order valence-electron chi connectivity index (χ1n) is 12.5. The number of hydrogen-bond acceptors (Lipinski definition) is 4. The lowest BCUT2D eigenvalue weighted by atomic mass is 10.1. The molecule has 2 amide bonds. The average molecular weight is 574 g/mol. The minimum atomic E-state index is -4.18. The lowest BCUT2D eigenvalue weighted by molar-refractivity contribution is -0.141. The maximum absolute atomic E-state index is 13.9. The second kappa shape index (κ2) is 12.6. The van der Waals surface area contributed by atoms with Gasteiger partial charge in [-0.25, -0.2) is 12.8 Å². The van der Waals surface area contributed by atoms with Crippen LogP contribution >= 0.6 is 11.6 Å². The van der Waals surface area contributed by atoms with Crippen molar-refractivity contribution < 1.29 is 22.4 Å². The Morgan fingerprint density at radius 3 is 2.08 bits per heavy atom. The van der Waals surface area contributed by atoms with Crippen LogP contribution in [0.15, 0.2) is 83.8 Å². The van der Waals surface area contributed by atoms with Gasteiger partial charge in [-0.1, -0.05) is 48.9 Å². The number of anilines is 1. The quantitative estimate of drug-likeness (QED) is 0.352. The molecule has 7 nitrogen and oxygen atoms in total. The molecule has 3 aromatic rings. The SMILES string of the molecule is CC[C@H](C(=O)NC(C)(C)C)N(Cc1ccc(F)cc1)C(=O)CN(c1ccccc1)S(=O)(=O)c1ccc(Cl)cc1. The standard InChI is InChI=1S/C29H33ClFN3O4S/c1-5-26(28(36)32-29(2,3)4)33(19-21-11-15-23(31)16-12-21)27(35)20-34(24-9-7-6-8-10-24)39(37,38)25-17-13-22(30)14-18-25/h6-18,26H,5,19-20H2,1-4H3,(H,32,36)/t26-/m1/s1. The summed E-state index contributed by atoms with van der Waals surface area (Å²) in [7, 11) is -4.18. The summed E-state index contributed by atoms with van der Waals surface area (Å²) in [6.45, 7) is 6.70. The number of carbonyl (C=O) groups excluding carboxylic acids is 2. The number of hydrogen-bond donors (Lipinski definition) is 1. The van der Waals surface area contributed by atoms with Crippen LogP contribution in [-0.2, 0) is 26.2 Å². The molecule has 39 heavy (non-hydrogen) atoms. The maximum Gasteiger partial charge on any atom is 0.264 e. The van der Waals surface area contributed by atoms with Crippen molar-refractivity contribution in [3.63, 3.8) is 0 Å². The van der Waals surface area contributed by atoms with Crippen LogP contribution in [0.1, 0.15) is 39.7 Å². The van der Waals surface area contributed by atoms with E-state index in [0.29, 0.717) is 10.6 Å². The van der Waals surface area contributed by atoms with Crippen LogP contribution in [0.2, 0.25) is 5.02 Å². The zero-order valence-electron chi connectivity index (χ0n) is 22.4. The lowest BCUT2D eigenvalue weighted by Gasteiger charge is -2.34. The monoisotopic (exact) mass is 573 g/mol. The van der Waals surface area contributed by atoms with Gasteiger partial charge in [-0.3, -0.25) is 13.9 Å². The highest BCUT2D eigenvalue weighted by Gasteiger charge is 2.34. The Bertz CT molecular complexity index is 1380.